The van der Waals surface area contributed by atoms with Gasteiger partial charge in [-0.15, -0.1) is 11.3 Å². The molecule has 0 spiro atoms. The van der Waals surface area contributed by atoms with Gasteiger partial charge < -0.3 is 20.4 Å². The SMILES string of the molecule is CC(NC(=O)c1nc2sc3c(c2c(=O)[nH]1)CCC3)c1ccc2c(c1)NC(=O)CO2. The van der Waals surface area contributed by atoms with Crippen LogP contribution in [0.25, 0.3) is 10.2 Å². The summed E-state index contributed by atoms with van der Waals surface area (Å²) in [6.07, 6.45) is 2.91. The quantitative estimate of drug-likeness (QED) is 0.613. The van der Waals surface area contributed by atoms with Crippen LogP contribution < -0.4 is 20.9 Å². The molecule has 1 aromatic carbocycles. The Balaban J connectivity index is 1.40. The number of nitrogens with one attached hydrogen (secondary N) is 3. The maximum atomic E-state index is 12.7. The lowest BCUT2D eigenvalue weighted by Gasteiger charge is -2.20. The van der Waals surface area contributed by atoms with Crippen molar-refractivity contribution < 1.29 is 14.3 Å². The number of nitrogens with zero attached hydrogens (tertiary/aromatic N) is 1. The third-order valence-corrected chi connectivity index (χ3v) is 6.46. The Hall–Kier alpha value is -3.20. The first-order chi connectivity index (χ1) is 14.0. The number of aryl methyl sites for hydroxylation is 2. The molecule has 29 heavy (non-hydrogen) atoms. The number of thiophene rings is 1. The molecule has 0 radical (unpaired) electrons. The van der Waals surface area contributed by atoms with Gasteiger partial charge in [-0.05, 0) is 49.4 Å². The predicted molar refractivity (Wildman–Crippen MR) is 109 cm³/mol. The van der Waals surface area contributed by atoms with Gasteiger partial charge in [0, 0.05) is 4.88 Å². The van der Waals surface area contributed by atoms with Gasteiger partial charge in [0.2, 0.25) is 5.82 Å². The number of H-pyrrole nitrogens is 1. The lowest BCUT2D eigenvalue weighted by molar-refractivity contribution is -0.118. The first kappa shape index (κ1) is 17.9. The molecule has 3 N–H and O–H groups in total. The summed E-state index contributed by atoms with van der Waals surface area (Å²) < 4.78 is 5.35. The summed E-state index contributed by atoms with van der Waals surface area (Å²) in [7, 11) is 0. The fourth-order valence-corrected chi connectivity index (χ4v) is 5.09. The minimum atomic E-state index is -0.455. The molecule has 5 rings (SSSR count). The molecule has 0 saturated heterocycles. The number of aromatic nitrogens is 2. The van der Waals surface area contributed by atoms with Gasteiger partial charge in [0.25, 0.3) is 17.4 Å². The number of anilines is 1. The van der Waals surface area contributed by atoms with Crippen LogP contribution in [-0.4, -0.2) is 28.4 Å². The smallest absolute Gasteiger partial charge is 0.287 e. The number of fused-ring (bicyclic) bond motifs is 4. The number of rotatable bonds is 3. The lowest BCUT2D eigenvalue weighted by atomic mass is 10.1. The van der Waals surface area contributed by atoms with Gasteiger partial charge in [0.15, 0.2) is 6.61 Å². The van der Waals surface area contributed by atoms with Crippen LogP contribution in [0.5, 0.6) is 5.75 Å². The van der Waals surface area contributed by atoms with Crippen molar-refractivity contribution in [2.24, 2.45) is 0 Å². The van der Waals surface area contributed by atoms with E-state index in [9.17, 15) is 14.4 Å². The lowest BCUT2D eigenvalue weighted by Crippen LogP contribution is -2.30. The summed E-state index contributed by atoms with van der Waals surface area (Å²) >= 11 is 1.50. The van der Waals surface area contributed by atoms with Crippen LogP contribution in [0.3, 0.4) is 0 Å². The van der Waals surface area contributed by atoms with Crippen molar-refractivity contribution in [1.82, 2.24) is 15.3 Å². The number of amides is 2. The first-order valence-corrected chi connectivity index (χ1v) is 10.2. The van der Waals surface area contributed by atoms with E-state index in [4.69, 9.17) is 4.74 Å². The molecule has 2 aliphatic rings. The molecule has 1 unspecified atom stereocenters. The molecule has 0 fully saturated rings. The number of carbonyl (C=O) groups is 2. The second-order valence-corrected chi connectivity index (χ2v) is 8.32. The standard InChI is InChI=1S/C20H18N4O4S/c1-9(10-5-6-13-12(7-10)22-15(25)8-28-13)21-19(27)17-23-18(26)16-11-3-2-4-14(11)29-20(16)24-17/h5-7,9H,2-4,8H2,1H3,(H,21,27)(H,22,25)(H,23,24,26). The Kier molecular flexibility index (Phi) is 4.13. The van der Waals surface area contributed by atoms with Crippen LogP contribution in [-0.2, 0) is 17.6 Å². The fraction of sp³-hybridized carbons (Fsp3) is 0.300. The highest BCUT2D eigenvalue weighted by Crippen LogP contribution is 2.34. The summed E-state index contributed by atoms with van der Waals surface area (Å²) in [6, 6.07) is 4.98. The van der Waals surface area contributed by atoms with Crippen molar-refractivity contribution in [3.05, 3.63) is 50.4 Å². The molecule has 9 heteroatoms. The Morgan fingerprint density at radius 1 is 1.31 bits per heavy atom. The van der Waals surface area contributed by atoms with Gasteiger partial charge in [-0.3, -0.25) is 14.4 Å². The highest BCUT2D eigenvalue weighted by Gasteiger charge is 2.23. The van der Waals surface area contributed by atoms with E-state index in [-0.39, 0.29) is 29.9 Å². The van der Waals surface area contributed by atoms with Crippen molar-refractivity contribution in [2.45, 2.75) is 32.2 Å². The molecule has 0 saturated carbocycles. The molecule has 3 aromatic rings. The van der Waals surface area contributed by atoms with Crippen molar-refractivity contribution in [2.75, 3.05) is 11.9 Å². The van der Waals surface area contributed by atoms with E-state index < -0.39 is 5.91 Å². The number of carbonyl (C=O) groups excluding carboxylic acids is 2. The fourth-order valence-electron chi connectivity index (χ4n) is 3.83. The van der Waals surface area contributed by atoms with E-state index in [1.165, 1.54) is 16.2 Å². The number of aromatic amines is 1. The first-order valence-electron chi connectivity index (χ1n) is 9.41. The minimum Gasteiger partial charge on any atom is -0.482 e. The zero-order valence-electron chi connectivity index (χ0n) is 15.6. The normalized spacial score (nSPS) is 16.0. The Morgan fingerprint density at radius 2 is 2.17 bits per heavy atom. The maximum Gasteiger partial charge on any atom is 0.287 e. The van der Waals surface area contributed by atoms with Crippen molar-refractivity contribution in [3.8, 4) is 5.75 Å². The van der Waals surface area contributed by atoms with E-state index >= 15 is 0 Å². The largest absolute Gasteiger partial charge is 0.482 e. The van der Waals surface area contributed by atoms with Gasteiger partial charge in [0.1, 0.15) is 10.6 Å². The number of hydrogen-bond acceptors (Lipinski definition) is 6. The topological polar surface area (TPSA) is 113 Å². The summed E-state index contributed by atoms with van der Waals surface area (Å²) in [6.45, 7) is 1.81. The molecule has 8 nitrogen and oxygen atoms in total. The number of benzene rings is 1. The van der Waals surface area contributed by atoms with Crippen molar-refractivity contribution in [1.29, 1.82) is 0 Å². The van der Waals surface area contributed by atoms with Gasteiger partial charge in [0.05, 0.1) is 17.1 Å². The predicted octanol–water partition coefficient (Wildman–Crippen LogP) is 2.30. The Morgan fingerprint density at radius 3 is 3.03 bits per heavy atom. The third kappa shape index (κ3) is 3.07. The molecule has 1 atom stereocenters. The monoisotopic (exact) mass is 410 g/mol. The second kappa shape index (κ2) is 6.70. The molecule has 2 aromatic heterocycles. The average Bonchev–Trinajstić information content (AvgIpc) is 3.28. The summed E-state index contributed by atoms with van der Waals surface area (Å²) in [5.41, 5.74) is 2.18. The van der Waals surface area contributed by atoms with Crippen molar-refractivity contribution >= 4 is 39.1 Å². The van der Waals surface area contributed by atoms with Gasteiger partial charge in [-0.1, -0.05) is 6.07 Å². The minimum absolute atomic E-state index is 0.00358. The molecule has 1 aliphatic carbocycles. The highest BCUT2D eigenvalue weighted by molar-refractivity contribution is 7.18. The van der Waals surface area contributed by atoms with E-state index in [2.05, 4.69) is 20.6 Å². The van der Waals surface area contributed by atoms with E-state index in [0.717, 1.165) is 30.4 Å². The molecular weight excluding hydrogens is 392 g/mol. The third-order valence-electron chi connectivity index (χ3n) is 5.27. The van der Waals surface area contributed by atoms with Crippen molar-refractivity contribution in [3.63, 3.8) is 0 Å². The molecule has 2 amide bonds. The molecule has 148 valence electrons. The van der Waals surface area contributed by atoms with Crippen LogP contribution in [0, 0.1) is 0 Å². The summed E-state index contributed by atoms with van der Waals surface area (Å²) in [4.78, 5) is 45.6. The zero-order chi connectivity index (χ0) is 20.1. The van der Waals surface area contributed by atoms with Crippen LogP contribution in [0.1, 0.15) is 46.0 Å². The molecule has 0 bridgehead atoms. The van der Waals surface area contributed by atoms with E-state index in [0.29, 0.717) is 21.7 Å². The number of hydrogen-bond donors (Lipinski definition) is 3. The van der Waals surface area contributed by atoms with Crippen LogP contribution in [0.2, 0.25) is 0 Å². The Bertz CT molecular complexity index is 1230. The summed E-state index contributed by atoms with van der Waals surface area (Å²) in [5, 5.41) is 6.23. The summed E-state index contributed by atoms with van der Waals surface area (Å²) in [5.74, 6) is -0.0785. The number of ether oxygens (including phenoxy) is 1. The maximum absolute atomic E-state index is 12.7. The molecular formula is C20H18N4O4S. The van der Waals surface area contributed by atoms with Crippen LogP contribution in [0.15, 0.2) is 23.0 Å². The van der Waals surface area contributed by atoms with Gasteiger partial charge in [-0.25, -0.2) is 4.98 Å². The molecule has 1 aliphatic heterocycles. The Labute approximate surface area is 169 Å². The molecule has 3 heterocycles. The van der Waals surface area contributed by atoms with E-state index in [1.54, 1.807) is 12.1 Å². The zero-order valence-corrected chi connectivity index (χ0v) is 16.4. The average molecular weight is 410 g/mol. The second-order valence-electron chi connectivity index (χ2n) is 7.24. The van der Waals surface area contributed by atoms with Gasteiger partial charge >= 0.3 is 0 Å². The van der Waals surface area contributed by atoms with Crippen LogP contribution in [0.4, 0.5) is 5.69 Å². The van der Waals surface area contributed by atoms with E-state index in [1.807, 2.05) is 13.0 Å². The van der Waals surface area contributed by atoms with Crippen LogP contribution >= 0.6 is 11.3 Å². The van der Waals surface area contributed by atoms with Gasteiger partial charge in [-0.2, -0.15) is 0 Å². The highest BCUT2D eigenvalue weighted by atomic mass is 32.1.